The van der Waals surface area contributed by atoms with Gasteiger partial charge in [-0.25, -0.2) is 14.3 Å². The molecule has 0 radical (unpaired) electrons. The molecule has 2 aromatic carbocycles. The first-order valence-electron chi connectivity index (χ1n) is 13.8. The number of rotatable bonds is 8. The van der Waals surface area contributed by atoms with Crippen LogP contribution in [0.4, 0.5) is 22.0 Å². The van der Waals surface area contributed by atoms with Crippen LogP contribution < -0.4 is 10.6 Å². The van der Waals surface area contributed by atoms with E-state index in [0.717, 1.165) is 53.6 Å². The van der Waals surface area contributed by atoms with Gasteiger partial charge in [0.05, 0.1) is 36.7 Å². The summed E-state index contributed by atoms with van der Waals surface area (Å²) in [4.78, 5) is 19.5. The summed E-state index contributed by atoms with van der Waals surface area (Å²) in [6.45, 7) is 5.28. The van der Waals surface area contributed by atoms with E-state index in [1.165, 1.54) is 11.9 Å². The molecule has 40 heavy (non-hydrogen) atoms. The van der Waals surface area contributed by atoms with Gasteiger partial charge in [0.15, 0.2) is 5.82 Å². The minimum absolute atomic E-state index is 0.408. The molecule has 0 unspecified atom stereocenters. The summed E-state index contributed by atoms with van der Waals surface area (Å²) in [6.07, 6.45) is 7.54. The number of likely N-dealkylation sites (tertiary alicyclic amines) is 1. The molecular weight excluding hydrogens is 504 g/mol. The second kappa shape index (κ2) is 11.4. The molecule has 1 fully saturated rings. The number of benzene rings is 2. The average molecular weight is 539 g/mol. The maximum absolute atomic E-state index is 12.7. The summed E-state index contributed by atoms with van der Waals surface area (Å²) >= 11 is 0. The first kappa shape index (κ1) is 25.8. The van der Waals surface area contributed by atoms with E-state index < -0.39 is 6.09 Å². The van der Waals surface area contributed by atoms with Crippen molar-refractivity contribution in [2.45, 2.75) is 32.7 Å². The van der Waals surface area contributed by atoms with Crippen LogP contribution in [-0.4, -0.2) is 62.1 Å². The van der Waals surface area contributed by atoms with Gasteiger partial charge in [0.2, 0.25) is 0 Å². The highest BCUT2D eigenvalue weighted by Crippen LogP contribution is 2.31. The van der Waals surface area contributed by atoms with E-state index >= 15 is 0 Å². The highest BCUT2D eigenvalue weighted by molar-refractivity contribution is 5.91. The van der Waals surface area contributed by atoms with Gasteiger partial charge in [0.1, 0.15) is 11.8 Å². The van der Waals surface area contributed by atoms with Gasteiger partial charge in [0.25, 0.3) is 0 Å². The predicted molar refractivity (Wildman–Crippen MR) is 156 cm³/mol. The lowest BCUT2D eigenvalue weighted by Gasteiger charge is -2.28. The van der Waals surface area contributed by atoms with Crippen LogP contribution in [0.15, 0.2) is 67.3 Å². The third kappa shape index (κ3) is 5.48. The molecule has 1 saturated heterocycles. The molecule has 5 aromatic rings. The van der Waals surface area contributed by atoms with Gasteiger partial charge in [-0.05, 0) is 69.1 Å². The van der Waals surface area contributed by atoms with Crippen LogP contribution >= 0.6 is 0 Å². The summed E-state index contributed by atoms with van der Waals surface area (Å²) < 4.78 is 9.34. The summed E-state index contributed by atoms with van der Waals surface area (Å²) in [7, 11) is 2.12. The summed E-state index contributed by atoms with van der Waals surface area (Å²) in [5, 5.41) is 16.4. The molecule has 2 N–H and O–H groups in total. The minimum atomic E-state index is -0.440. The van der Waals surface area contributed by atoms with Gasteiger partial charge in [-0.15, -0.1) is 0 Å². The second-order valence-corrected chi connectivity index (χ2v) is 10.4. The number of amides is 1. The van der Waals surface area contributed by atoms with E-state index in [-0.39, 0.29) is 0 Å². The number of aromatic nitrogens is 5. The van der Waals surface area contributed by atoms with Gasteiger partial charge in [-0.3, -0.25) is 10.00 Å². The molecule has 0 bridgehead atoms. The summed E-state index contributed by atoms with van der Waals surface area (Å²) in [6, 6.07) is 16.5. The zero-order chi connectivity index (χ0) is 27.5. The fourth-order valence-electron chi connectivity index (χ4n) is 5.38. The zero-order valence-electron chi connectivity index (χ0n) is 22.9. The van der Waals surface area contributed by atoms with E-state index in [0.29, 0.717) is 37.0 Å². The van der Waals surface area contributed by atoms with Crippen molar-refractivity contribution >= 4 is 39.7 Å². The number of fused-ring (bicyclic) bond motifs is 2. The molecule has 1 aliphatic rings. The van der Waals surface area contributed by atoms with Crippen LogP contribution in [0, 0.1) is 5.92 Å². The van der Waals surface area contributed by atoms with Crippen molar-refractivity contribution in [3.05, 3.63) is 78.4 Å². The Balaban J connectivity index is 1.19. The molecule has 1 amide bonds. The monoisotopic (exact) mass is 538 g/mol. The number of nitrogens with zero attached hydrogens (tertiary/aromatic N) is 6. The third-order valence-electron chi connectivity index (χ3n) is 7.64. The molecular formula is C30H34N8O2. The minimum Gasteiger partial charge on any atom is -0.449 e. The largest absolute Gasteiger partial charge is 0.449 e. The Labute approximate surface area is 233 Å². The number of carbonyl (C=O) groups is 1. The van der Waals surface area contributed by atoms with Crippen LogP contribution in [0.5, 0.6) is 0 Å². The van der Waals surface area contributed by atoms with Crippen LogP contribution in [0.2, 0.25) is 0 Å². The Morgan fingerprint density at radius 1 is 1.10 bits per heavy atom. The molecule has 10 heteroatoms. The van der Waals surface area contributed by atoms with Gasteiger partial charge < -0.3 is 15.0 Å². The smallest absolute Gasteiger partial charge is 0.411 e. The Kier molecular flexibility index (Phi) is 7.33. The average Bonchev–Trinajstić information content (AvgIpc) is 3.54. The zero-order valence-corrected chi connectivity index (χ0v) is 22.9. The quantitative estimate of drug-likeness (QED) is 0.276. The fraction of sp³-hybridized carbons (Fsp3) is 0.333. The highest BCUT2D eigenvalue weighted by Gasteiger charge is 2.20. The number of hydrogen-bond donors (Lipinski definition) is 2. The van der Waals surface area contributed by atoms with Crippen LogP contribution in [0.3, 0.4) is 0 Å². The number of nitrogens with one attached hydrogen (secondary N) is 2. The molecule has 3 aromatic heterocycles. The van der Waals surface area contributed by atoms with Gasteiger partial charge >= 0.3 is 6.09 Å². The van der Waals surface area contributed by atoms with E-state index in [1.807, 2.05) is 48.3 Å². The molecule has 1 aliphatic heterocycles. The molecule has 6 rings (SSSR count). The first-order chi connectivity index (χ1) is 19.6. The van der Waals surface area contributed by atoms with Crippen molar-refractivity contribution in [3.63, 3.8) is 0 Å². The van der Waals surface area contributed by atoms with E-state index in [2.05, 4.69) is 62.0 Å². The Bertz CT molecular complexity index is 1620. The Morgan fingerprint density at radius 3 is 2.73 bits per heavy atom. The van der Waals surface area contributed by atoms with E-state index in [9.17, 15) is 4.79 Å². The number of hydrogen-bond acceptors (Lipinski definition) is 7. The normalized spacial score (nSPS) is 14.6. The molecule has 206 valence electrons. The van der Waals surface area contributed by atoms with Crippen molar-refractivity contribution in [3.8, 4) is 0 Å². The molecule has 4 heterocycles. The lowest BCUT2D eigenvalue weighted by molar-refractivity contribution is 0.113. The van der Waals surface area contributed by atoms with Crippen molar-refractivity contribution in [1.82, 2.24) is 29.3 Å². The Morgan fingerprint density at radius 2 is 1.93 bits per heavy atom. The molecule has 0 atom stereocenters. The van der Waals surface area contributed by atoms with E-state index in [1.54, 1.807) is 4.52 Å². The molecule has 0 spiro atoms. The highest BCUT2D eigenvalue weighted by atomic mass is 16.5. The Hall–Kier alpha value is -4.44. The maximum Gasteiger partial charge on any atom is 0.411 e. The van der Waals surface area contributed by atoms with Gasteiger partial charge in [-0.1, -0.05) is 37.3 Å². The first-order valence-corrected chi connectivity index (χ1v) is 13.8. The third-order valence-corrected chi connectivity index (χ3v) is 7.64. The number of ether oxygens (including phenoxy) is 1. The lowest BCUT2D eigenvalue weighted by Crippen LogP contribution is -2.32. The van der Waals surface area contributed by atoms with Crippen LogP contribution in [0.25, 0.3) is 16.4 Å². The van der Waals surface area contributed by atoms with Crippen LogP contribution in [-0.2, 0) is 17.7 Å². The lowest BCUT2D eigenvalue weighted by atomic mass is 9.98. The van der Waals surface area contributed by atoms with E-state index in [4.69, 9.17) is 4.74 Å². The number of piperidine rings is 1. The second-order valence-electron chi connectivity index (χ2n) is 10.4. The van der Waals surface area contributed by atoms with Crippen molar-refractivity contribution in [2.24, 2.45) is 5.92 Å². The summed E-state index contributed by atoms with van der Waals surface area (Å²) in [5.74, 6) is 1.07. The van der Waals surface area contributed by atoms with Crippen molar-refractivity contribution < 1.29 is 9.53 Å². The van der Waals surface area contributed by atoms with Crippen molar-refractivity contribution in [2.75, 3.05) is 37.4 Å². The molecule has 0 saturated carbocycles. The van der Waals surface area contributed by atoms with Gasteiger partial charge in [0, 0.05) is 16.6 Å². The topological polar surface area (TPSA) is 102 Å². The van der Waals surface area contributed by atoms with Crippen molar-refractivity contribution in [1.29, 1.82) is 0 Å². The fourth-order valence-corrected chi connectivity index (χ4v) is 5.38. The number of anilines is 3. The summed E-state index contributed by atoms with van der Waals surface area (Å²) in [5.41, 5.74) is 5.59. The molecule has 10 nitrogen and oxygen atoms in total. The maximum atomic E-state index is 12.7. The predicted octanol–water partition coefficient (Wildman–Crippen LogP) is 5.32. The van der Waals surface area contributed by atoms with Gasteiger partial charge in [-0.2, -0.15) is 10.2 Å². The molecule has 0 aliphatic carbocycles. The number of aryl methyl sites for hydroxylation is 1. The van der Waals surface area contributed by atoms with Crippen LogP contribution in [0.1, 0.15) is 30.9 Å². The number of carbonyl (C=O) groups excluding carboxylic acids is 1. The standard InChI is InChI=1S/C30H34N8O2/c1-3-25-26(35-30(39)40-19-22-11-13-36(2)14-12-22)18-38-28(25)29(31-20-33-38)34-24-9-10-27-23(15-24)16-32-37(27)17-21-7-5-4-6-8-21/h4-10,15-16,18,20,22H,3,11-14,17,19H2,1-2H3,(H,35,39)(H,31,33,34). The SMILES string of the molecule is CCc1c(NC(=O)OCC2CCN(C)CC2)cn2ncnc(Nc3ccc4c(cnn4Cc4ccccc4)c3)c12.